The second kappa shape index (κ2) is 4.66. The van der Waals surface area contributed by atoms with E-state index in [2.05, 4.69) is 35.8 Å². The summed E-state index contributed by atoms with van der Waals surface area (Å²) in [7, 11) is 0. The van der Waals surface area contributed by atoms with Crippen LogP contribution in [0, 0.1) is 0 Å². The molecule has 0 aromatic heterocycles. The Bertz CT molecular complexity index is 281. The molecular weight excluding hydrogens is 228 g/mol. The molecule has 0 radical (unpaired) electrons. The largest absolute Gasteiger partial charge is 0.494 e. The van der Waals surface area contributed by atoms with Crippen LogP contribution in [0.2, 0.25) is 0 Å². The third kappa shape index (κ3) is 2.73. The topological polar surface area (TPSA) is 9.23 Å². The molecule has 13 heavy (non-hydrogen) atoms. The fraction of sp³-hybridized carbons (Fsp3) is 0.455. The van der Waals surface area contributed by atoms with Gasteiger partial charge in [0, 0.05) is 4.47 Å². The van der Waals surface area contributed by atoms with Crippen molar-refractivity contribution in [3.63, 3.8) is 0 Å². The van der Waals surface area contributed by atoms with E-state index < -0.39 is 0 Å². The first-order valence-electron chi connectivity index (χ1n) is 4.57. The van der Waals surface area contributed by atoms with Crippen molar-refractivity contribution in [3.05, 3.63) is 28.2 Å². The van der Waals surface area contributed by atoms with Crippen LogP contribution in [-0.4, -0.2) is 6.61 Å². The fourth-order valence-corrected chi connectivity index (χ4v) is 1.64. The van der Waals surface area contributed by atoms with Gasteiger partial charge in [0.05, 0.1) is 6.61 Å². The predicted molar refractivity (Wildman–Crippen MR) is 59.4 cm³/mol. The monoisotopic (exact) mass is 242 g/mol. The maximum Gasteiger partial charge on any atom is 0.122 e. The van der Waals surface area contributed by atoms with Crippen LogP contribution in [-0.2, 0) is 0 Å². The second-order valence-electron chi connectivity index (χ2n) is 3.27. The van der Waals surface area contributed by atoms with E-state index in [1.165, 1.54) is 5.56 Å². The van der Waals surface area contributed by atoms with Crippen LogP contribution in [0.4, 0.5) is 0 Å². The van der Waals surface area contributed by atoms with Crippen molar-refractivity contribution in [1.82, 2.24) is 0 Å². The van der Waals surface area contributed by atoms with Gasteiger partial charge in [-0.1, -0.05) is 29.8 Å². The molecule has 1 aromatic rings. The zero-order valence-electron chi connectivity index (χ0n) is 8.30. The minimum atomic E-state index is 0.499. The van der Waals surface area contributed by atoms with E-state index in [-0.39, 0.29) is 0 Å². The van der Waals surface area contributed by atoms with Gasteiger partial charge in [-0.3, -0.25) is 0 Å². The highest BCUT2D eigenvalue weighted by Crippen LogP contribution is 2.29. The summed E-state index contributed by atoms with van der Waals surface area (Å²) in [6, 6.07) is 6.15. The quantitative estimate of drug-likeness (QED) is 0.780. The molecule has 0 atom stereocenters. The average Bonchev–Trinajstić information content (AvgIpc) is 2.08. The van der Waals surface area contributed by atoms with Gasteiger partial charge < -0.3 is 4.74 Å². The van der Waals surface area contributed by atoms with Crippen molar-refractivity contribution >= 4 is 15.9 Å². The van der Waals surface area contributed by atoms with Crippen LogP contribution >= 0.6 is 15.9 Å². The summed E-state index contributed by atoms with van der Waals surface area (Å²) >= 11 is 3.46. The lowest BCUT2D eigenvalue weighted by atomic mass is 10.0. The number of hydrogen-bond acceptors (Lipinski definition) is 1. The first-order chi connectivity index (χ1) is 6.15. The lowest BCUT2D eigenvalue weighted by molar-refractivity contribution is 0.335. The SMILES string of the molecule is CCOc1ccc(Br)cc1C(C)C. The van der Waals surface area contributed by atoms with Crippen LogP contribution in [0.5, 0.6) is 5.75 Å². The molecule has 0 heterocycles. The van der Waals surface area contributed by atoms with E-state index in [9.17, 15) is 0 Å². The molecule has 1 nitrogen and oxygen atoms in total. The molecule has 2 heteroatoms. The summed E-state index contributed by atoms with van der Waals surface area (Å²) in [5.74, 6) is 1.50. The molecular formula is C11H15BrO. The second-order valence-corrected chi connectivity index (χ2v) is 4.19. The Hall–Kier alpha value is -0.500. The zero-order valence-corrected chi connectivity index (χ0v) is 9.89. The average molecular weight is 243 g/mol. The van der Waals surface area contributed by atoms with Crippen molar-refractivity contribution in [2.24, 2.45) is 0 Å². The Morgan fingerprint density at radius 3 is 2.62 bits per heavy atom. The standard InChI is InChI=1S/C11H15BrO/c1-4-13-11-6-5-9(12)7-10(11)8(2)3/h5-8H,4H2,1-3H3. The molecule has 1 aromatic carbocycles. The Kier molecular flexibility index (Phi) is 3.79. The fourth-order valence-electron chi connectivity index (χ4n) is 1.26. The molecule has 0 bridgehead atoms. The van der Waals surface area contributed by atoms with E-state index in [1.807, 2.05) is 19.1 Å². The Morgan fingerprint density at radius 1 is 1.38 bits per heavy atom. The molecule has 0 amide bonds. The van der Waals surface area contributed by atoms with Gasteiger partial charge in [-0.15, -0.1) is 0 Å². The van der Waals surface area contributed by atoms with Gasteiger partial charge >= 0.3 is 0 Å². The molecule has 0 unspecified atom stereocenters. The van der Waals surface area contributed by atoms with Crippen LogP contribution in [0.15, 0.2) is 22.7 Å². The number of halogens is 1. The third-order valence-corrected chi connectivity index (χ3v) is 2.39. The molecule has 1 rings (SSSR count). The number of ether oxygens (including phenoxy) is 1. The first kappa shape index (κ1) is 10.6. The summed E-state index contributed by atoms with van der Waals surface area (Å²) in [6.07, 6.45) is 0. The van der Waals surface area contributed by atoms with Crippen LogP contribution in [0.25, 0.3) is 0 Å². The molecule has 0 aliphatic rings. The molecule has 0 N–H and O–H groups in total. The molecule has 0 fully saturated rings. The third-order valence-electron chi connectivity index (χ3n) is 1.89. The van der Waals surface area contributed by atoms with Crippen LogP contribution < -0.4 is 4.74 Å². The molecule has 0 saturated heterocycles. The molecule has 0 saturated carbocycles. The Morgan fingerprint density at radius 2 is 2.08 bits per heavy atom. The van der Waals surface area contributed by atoms with Crippen molar-refractivity contribution in [3.8, 4) is 5.75 Å². The number of benzene rings is 1. The summed E-state index contributed by atoms with van der Waals surface area (Å²) < 4.78 is 6.64. The van der Waals surface area contributed by atoms with E-state index >= 15 is 0 Å². The highest BCUT2D eigenvalue weighted by Gasteiger charge is 2.07. The number of hydrogen-bond donors (Lipinski definition) is 0. The maximum atomic E-state index is 5.53. The number of rotatable bonds is 3. The predicted octanol–water partition coefficient (Wildman–Crippen LogP) is 3.97. The van der Waals surface area contributed by atoms with Crippen molar-refractivity contribution in [1.29, 1.82) is 0 Å². The van der Waals surface area contributed by atoms with E-state index in [0.717, 1.165) is 16.8 Å². The van der Waals surface area contributed by atoms with Gasteiger partial charge in [0.1, 0.15) is 5.75 Å². The van der Waals surface area contributed by atoms with Gasteiger partial charge in [0.2, 0.25) is 0 Å². The Balaban J connectivity index is 3.03. The maximum absolute atomic E-state index is 5.53. The molecule has 0 aliphatic heterocycles. The van der Waals surface area contributed by atoms with Crippen molar-refractivity contribution in [2.45, 2.75) is 26.7 Å². The van der Waals surface area contributed by atoms with Gasteiger partial charge in [-0.25, -0.2) is 0 Å². The molecule has 72 valence electrons. The highest BCUT2D eigenvalue weighted by molar-refractivity contribution is 9.10. The lowest BCUT2D eigenvalue weighted by Gasteiger charge is -2.13. The van der Waals surface area contributed by atoms with Gasteiger partial charge in [-0.05, 0) is 36.6 Å². The molecule has 0 aliphatic carbocycles. The smallest absolute Gasteiger partial charge is 0.122 e. The van der Waals surface area contributed by atoms with E-state index in [4.69, 9.17) is 4.74 Å². The van der Waals surface area contributed by atoms with Crippen molar-refractivity contribution < 1.29 is 4.74 Å². The summed E-state index contributed by atoms with van der Waals surface area (Å²) in [5.41, 5.74) is 1.26. The zero-order chi connectivity index (χ0) is 9.84. The van der Waals surface area contributed by atoms with Crippen LogP contribution in [0.1, 0.15) is 32.3 Å². The normalized spacial score (nSPS) is 10.5. The summed E-state index contributed by atoms with van der Waals surface area (Å²) in [5, 5.41) is 0. The van der Waals surface area contributed by atoms with Crippen molar-refractivity contribution in [2.75, 3.05) is 6.61 Å². The van der Waals surface area contributed by atoms with E-state index in [0.29, 0.717) is 5.92 Å². The summed E-state index contributed by atoms with van der Waals surface area (Å²) in [4.78, 5) is 0. The lowest BCUT2D eigenvalue weighted by Crippen LogP contribution is -1.97. The highest BCUT2D eigenvalue weighted by atomic mass is 79.9. The van der Waals surface area contributed by atoms with Gasteiger partial charge in [0.25, 0.3) is 0 Å². The first-order valence-corrected chi connectivity index (χ1v) is 5.36. The van der Waals surface area contributed by atoms with Crippen LogP contribution in [0.3, 0.4) is 0 Å². The minimum absolute atomic E-state index is 0.499. The molecule has 0 spiro atoms. The summed E-state index contributed by atoms with van der Waals surface area (Å²) in [6.45, 7) is 7.07. The van der Waals surface area contributed by atoms with E-state index in [1.54, 1.807) is 0 Å². The Labute approximate surface area is 88.2 Å². The van der Waals surface area contributed by atoms with Gasteiger partial charge in [0.15, 0.2) is 0 Å². The minimum Gasteiger partial charge on any atom is -0.494 e. The van der Waals surface area contributed by atoms with Gasteiger partial charge in [-0.2, -0.15) is 0 Å².